The van der Waals surface area contributed by atoms with Crippen LogP contribution in [0.4, 0.5) is 10.1 Å². The second-order valence-electron chi connectivity index (χ2n) is 4.42. The standard InChI is InChI=1S/C11H16BrFN2O3S/c1-6(3-7(2)16)15-19(17,18)10-5-8(14)4-9(12)11(10)13/h4-7,15-16H,3,14H2,1-2H3. The van der Waals surface area contributed by atoms with Gasteiger partial charge in [-0.05, 0) is 48.3 Å². The van der Waals surface area contributed by atoms with Crippen molar-refractivity contribution in [2.45, 2.75) is 37.3 Å². The first-order valence-corrected chi connectivity index (χ1v) is 7.86. The molecule has 0 aromatic heterocycles. The Bertz CT molecular complexity index is 563. The Morgan fingerprint density at radius 3 is 2.58 bits per heavy atom. The van der Waals surface area contributed by atoms with Crippen molar-refractivity contribution >= 4 is 31.6 Å². The molecule has 8 heteroatoms. The van der Waals surface area contributed by atoms with Gasteiger partial charge in [0.05, 0.1) is 10.6 Å². The summed E-state index contributed by atoms with van der Waals surface area (Å²) >= 11 is 2.91. The number of aliphatic hydroxyl groups excluding tert-OH is 1. The van der Waals surface area contributed by atoms with Crippen LogP contribution in [0.25, 0.3) is 0 Å². The third kappa shape index (κ3) is 4.41. The number of benzene rings is 1. The summed E-state index contributed by atoms with van der Waals surface area (Å²) in [4.78, 5) is -0.517. The Morgan fingerprint density at radius 2 is 2.05 bits per heavy atom. The van der Waals surface area contributed by atoms with Crippen molar-refractivity contribution in [2.24, 2.45) is 0 Å². The maximum absolute atomic E-state index is 13.8. The Balaban J connectivity index is 3.07. The summed E-state index contributed by atoms with van der Waals surface area (Å²) in [6.45, 7) is 3.13. The zero-order chi connectivity index (χ0) is 14.8. The molecule has 4 N–H and O–H groups in total. The van der Waals surface area contributed by atoms with Gasteiger partial charge in [-0.1, -0.05) is 0 Å². The van der Waals surface area contributed by atoms with Gasteiger partial charge in [-0.3, -0.25) is 0 Å². The summed E-state index contributed by atoms with van der Waals surface area (Å²) in [7, 11) is -4.03. The zero-order valence-electron chi connectivity index (χ0n) is 10.5. The van der Waals surface area contributed by atoms with Gasteiger partial charge in [0, 0.05) is 11.7 Å². The van der Waals surface area contributed by atoms with Crippen LogP contribution in [0.1, 0.15) is 20.3 Å². The smallest absolute Gasteiger partial charge is 0.243 e. The van der Waals surface area contributed by atoms with Crippen LogP contribution in [0.15, 0.2) is 21.5 Å². The molecule has 2 unspecified atom stereocenters. The summed E-state index contributed by atoms with van der Waals surface area (Å²) in [5, 5.41) is 9.20. The third-order valence-corrected chi connectivity index (χ3v) is 4.52. The summed E-state index contributed by atoms with van der Waals surface area (Å²) < 4.78 is 40.2. The second kappa shape index (κ2) is 6.17. The highest BCUT2D eigenvalue weighted by atomic mass is 79.9. The minimum Gasteiger partial charge on any atom is -0.399 e. The molecule has 2 atom stereocenters. The third-order valence-electron chi connectivity index (χ3n) is 2.36. The molecule has 0 aliphatic carbocycles. The van der Waals surface area contributed by atoms with Crippen LogP contribution in [-0.4, -0.2) is 25.7 Å². The molecule has 0 saturated heterocycles. The predicted octanol–water partition coefficient (Wildman–Crippen LogP) is 1.61. The van der Waals surface area contributed by atoms with Crippen LogP contribution >= 0.6 is 15.9 Å². The van der Waals surface area contributed by atoms with E-state index in [9.17, 15) is 17.9 Å². The molecule has 0 spiro atoms. The average molecular weight is 355 g/mol. The van der Waals surface area contributed by atoms with Crippen molar-refractivity contribution in [3.8, 4) is 0 Å². The molecule has 108 valence electrons. The number of aliphatic hydroxyl groups is 1. The molecule has 19 heavy (non-hydrogen) atoms. The number of rotatable bonds is 5. The van der Waals surface area contributed by atoms with Crippen molar-refractivity contribution in [2.75, 3.05) is 5.73 Å². The molecule has 0 heterocycles. The maximum Gasteiger partial charge on any atom is 0.243 e. The lowest BCUT2D eigenvalue weighted by Gasteiger charge is -2.16. The largest absolute Gasteiger partial charge is 0.399 e. The SMILES string of the molecule is CC(O)CC(C)NS(=O)(=O)c1cc(N)cc(Br)c1F. The van der Waals surface area contributed by atoms with Crippen molar-refractivity contribution in [3.05, 3.63) is 22.4 Å². The van der Waals surface area contributed by atoms with Gasteiger partial charge in [-0.2, -0.15) is 0 Å². The molecule has 1 aromatic rings. The first-order chi connectivity index (χ1) is 8.63. The van der Waals surface area contributed by atoms with E-state index in [1.54, 1.807) is 13.8 Å². The van der Waals surface area contributed by atoms with Crippen LogP contribution in [-0.2, 0) is 10.0 Å². The molecule has 0 amide bonds. The van der Waals surface area contributed by atoms with E-state index < -0.39 is 32.9 Å². The molecule has 1 rings (SSSR count). The fourth-order valence-electron chi connectivity index (χ4n) is 1.67. The van der Waals surface area contributed by atoms with Crippen molar-refractivity contribution < 1.29 is 17.9 Å². The maximum atomic E-state index is 13.8. The zero-order valence-corrected chi connectivity index (χ0v) is 12.9. The number of hydrogen-bond acceptors (Lipinski definition) is 4. The van der Waals surface area contributed by atoms with E-state index in [0.29, 0.717) is 0 Å². The lowest BCUT2D eigenvalue weighted by Crippen LogP contribution is -2.35. The van der Waals surface area contributed by atoms with Gasteiger partial charge < -0.3 is 10.8 Å². The van der Waals surface area contributed by atoms with Crippen LogP contribution < -0.4 is 10.5 Å². The molecule has 0 aliphatic rings. The molecule has 0 bridgehead atoms. The number of hydrogen-bond donors (Lipinski definition) is 3. The Labute approximate surface area is 120 Å². The Kier molecular flexibility index (Phi) is 5.31. The van der Waals surface area contributed by atoms with E-state index in [2.05, 4.69) is 20.7 Å². The molecule has 1 aromatic carbocycles. The lowest BCUT2D eigenvalue weighted by atomic mass is 10.2. The number of anilines is 1. The number of sulfonamides is 1. The number of nitrogen functional groups attached to an aromatic ring is 1. The monoisotopic (exact) mass is 354 g/mol. The number of nitrogens with one attached hydrogen (secondary N) is 1. The quantitative estimate of drug-likeness (QED) is 0.700. The molecule has 0 radical (unpaired) electrons. The normalized spacial score (nSPS) is 15.2. The predicted molar refractivity (Wildman–Crippen MR) is 74.6 cm³/mol. The number of nitrogens with two attached hydrogens (primary N) is 1. The highest BCUT2D eigenvalue weighted by Crippen LogP contribution is 2.26. The second-order valence-corrected chi connectivity index (χ2v) is 6.96. The van der Waals surface area contributed by atoms with Gasteiger partial charge in [0.25, 0.3) is 0 Å². The average Bonchev–Trinajstić information content (AvgIpc) is 2.20. The van der Waals surface area contributed by atoms with Crippen LogP contribution in [0.3, 0.4) is 0 Å². The van der Waals surface area contributed by atoms with Gasteiger partial charge in [0.1, 0.15) is 4.90 Å². The summed E-state index contributed by atoms with van der Waals surface area (Å²) in [6.07, 6.45) is -0.431. The highest BCUT2D eigenvalue weighted by Gasteiger charge is 2.24. The summed E-state index contributed by atoms with van der Waals surface area (Å²) in [5.41, 5.74) is 5.64. The Hall–Kier alpha value is -0.700. The molecule has 5 nitrogen and oxygen atoms in total. The molecular weight excluding hydrogens is 339 g/mol. The van der Waals surface area contributed by atoms with Crippen molar-refractivity contribution in [1.29, 1.82) is 0 Å². The van der Waals surface area contributed by atoms with E-state index in [1.165, 1.54) is 6.07 Å². The highest BCUT2D eigenvalue weighted by molar-refractivity contribution is 9.10. The van der Waals surface area contributed by atoms with Crippen molar-refractivity contribution in [3.63, 3.8) is 0 Å². The van der Waals surface area contributed by atoms with Gasteiger partial charge >= 0.3 is 0 Å². The van der Waals surface area contributed by atoms with Gasteiger partial charge in [0.2, 0.25) is 10.0 Å². The minimum absolute atomic E-state index is 0.0175. The van der Waals surface area contributed by atoms with Gasteiger partial charge in [-0.15, -0.1) is 0 Å². The van der Waals surface area contributed by atoms with Gasteiger partial charge in [0.15, 0.2) is 5.82 Å². The molecule has 0 saturated carbocycles. The van der Waals surface area contributed by atoms with E-state index in [0.717, 1.165) is 6.07 Å². The van der Waals surface area contributed by atoms with Crippen LogP contribution in [0, 0.1) is 5.82 Å². The first kappa shape index (κ1) is 16.4. The van der Waals surface area contributed by atoms with E-state index in [1.807, 2.05) is 0 Å². The topological polar surface area (TPSA) is 92.4 Å². The summed E-state index contributed by atoms with van der Waals surface area (Å²) in [5.74, 6) is -0.897. The van der Waals surface area contributed by atoms with E-state index in [4.69, 9.17) is 5.73 Å². The number of halogens is 2. The van der Waals surface area contributed by atoms with Crippen LogP contribution in [0.5, 0.6) is 0 Å². The molecular formula is C11H16BrFN2O3S. The first-order valence-electron chi connectivity index (χ1n) is 5.58. The summed E-state index contributed by atoms with van der Waals surface area (Å²) in [6, 6.07) is 1.81. The fraction of sp³-hybridized carbons (Fsp3) is 0.455. The molecule has 0 aliphatic heterocycles. The Morgan fingerprint density at radius 1 is 1.47 bits per heavy atom. The van der Waals surface area contributed by atoms with E-state index in [-0.39, 0.29) is 16.6 Å². The van der Waals surface area contributed by atoms with Crippen LogP contribution in [0.2, 0.25) is 0 Å². The minimum atomic E-state index is -4.03. The van der Waals surface area contributed by atoms with Gasteiger partial charge in [-0.25, -0.2) is 17.5 Å². The van der Waals surface area contributed by atoms with E-state index >= 15 is 0 Å². The lowest BCUT2D eigenvalue weighted by molar-refractivity contribution is 0.175. The van der Waals surface area contributed by atoms with Crippen molar-refractivity contribution in [1.82, 2.24) is 4.72 Å². The fourth-order valence-corrected chi connectivity index (χ4v) is 3.67. The molecule has 0 fully saturated rings.